The third kappa shape index (κ3) is 3.76. The van der Waals surface area contributed by atoms with Gasteiger partial charge in [0.1, 0.15) is 18.2 Å². The molecule has 0 radical (unpaired) electrons. The summed E-state index contributed by atoms with van der Waals surface area (Å²) < 4.78 is 5.96. The van der Waals surface area contributed by atoms with E-state index in [1.165, 1.54) is 19.0 Å². The largest absolute Gasteiger partial charge is 0.477 e. The summed E-state index contributed by atoms with van der Waals surface area (Å²) in [5, 5.41) is 9.83. The van der Waals surface area contributed by atoms with Crippen molar-refractivity contribution < 1.29 is 4.74 Å². The lowest BCUT2D eigenvalue weighted by Crippen LogP contribution is -2.46. The number of hydrogen-bond donors (Lipinski definition) is 0. The van der Waals surface area contributed by atoms with Crippen LogP contribution in [0.25, 0.3) is 10.9 Å². The van der Waals surface area contributed by atoms with Gasteiger partial charge in [0.25, 0.3) is 0 Å². The van der Waals surface area contributed by atoms with E-state index >= 15 is 0 Å². The molecule has 1 aromatic carbocycles. The maximum atomic E-state index is 8.87. The summed E-state index contributed by atoms with van der Waals surface area (Å²) in [5.74, 6) is 2.17. The Hall–Kier alpha value is -3.47. The zero-order valence-corrected chi connectivity index (χ0v) is 16.0. The van der Waals surface area contributed by atoms with Crippen molar-refractivity contribution in [3.05, 3.63) is 42.6 Å². The summed E-state index contributed by atoms with van der Waals surface area (Å²) in [5.41, 5.74) is 2.39. The molecule has 0 spiro atoms. The van der Waals surface area contributed by atoms with Crippen LogP contribution >= 0.6 is 0 Å². The molecule has 0 bridgehead atoms. The Morgan fingerprint density at radius 2 is 1.83 bits per heavy atom. The van der Waals surface area contributed by atoms with Crippen LogP contribution in [0.5, 0.6) is 5.88 Å². The van der Waals surface area contributed by atoms with Gasteiger partial charge in [-0.2, -0.15) is 5.26 Å². The molecule has 3 heterocycles. The SMILES string of the molecule is N#Cc1cnc(N2CCN(c3ccc4ncnc(OCC5CC5)c4c3)CC2)cn1. The lowest BCUT2D eigenvalue weighted by atomic mass is 10.2. The lowest BCUT2D eigenvalue weighted by molar-refractivity contribution is 0.292. The van der Waals surface area contributed by atoms with E-state index in [1.807, 2.05) is 12.1 Å². The molecule has 2 fully saturated rings. The number of nitrogens with zero attached hydrogens (tertiary/aromatic N) is 7. The molecule has 8 heteroatoms. The number of fused-ring (bicyclic) bond motifs is 1. The minimum absolute atomic E-state index is 0.338. The van der Waals surface area contributed by atoms with Crippen molar-refractivity contribution in [1.82, 2.24) is 19.9 Å². The molecule has 1 aliphatic heterocycles. The van der Waals surface area contributed by atoms with Gasteiger partial charge in [-0.05, 0) is 37.0 Å². The van der Waals surface area contributed by atoms with Crippen molar-refractivity contribution in [2.75, 3.05) is 42.6 Å². The van der Waals surface area contributed by atoms with E-state index in [2.05, 4.69) is 41.9 Å². The Labute approximate surface area is 168 Å². The molecule has 0 unspecified atom stereocenters. The second kappa shape index (κ2) is 7.51. The molecule has 146 valence electrons. The van der Waals surface area contributed by atoms with E-state index in [0.29, 0.717) is 17.5 Å². The molecule has 1 aliphatic carbocycles. The summed E-state index contributed by atoms with van der Waals surface area (Å²) in [6, 6.07) is 8.28. The van der Waals surface area contributed by atoms with Crippen LogP contribution in [0.15, 0.2) is 36.9 Å². The van der Waals surface area contributed by atoms with Crippen LogP contribution in [-0.2, 0) is 0 Å². The topological polar surface area (TPSA) is 91.1 Å². The lowest BCUT2D eigenvalue weighted by Gasteiger charge is -2.36. The maximum absolute atomic E-state index is 8.87. The quantitative estimate of drug-likeness (QED) is 0.659. The molecule has 29 heavy (non-hydrogen) atoms. The summed E-state index contributed by atoms with van der Waals surface area (Å²) >= 11 is 0. The van der Waals surface area contributed by atoms with Gasteiger partial charge in [0.2, 0.25) is 5.88 Å². The summed E-state index contributed by atoms with van der Waals surface area (Å²) in [4.78, 5) is 21.8. The number of hydrogen-bond acceptors (Lipinski definition) is 8. The smallest absolute Gasteiger partial charge is 0.224 e. The highest BCUT2D eigenvalue weighted by Crippen LogP contribution is 2.32. The molecule has 0 atom stereocenters. The standard InChI is InChI=1S/C21H21N7O/c22-10-16-11-24-20(12-23-16)28-7-5-27(6-8-28)17-3-4-19-18(9-17)21(26-14-25-19)29-13-15-1-2-15/h3-4,9,11-12,14-15H,1-2,5-8,13H2. The van der Waals surface area contributed by atoms with Crippen LogP contribution in [0.4, 0.5) is 11.5 Å². The zero-order chi connectivity index (χ0) is 19.6. The van der Waals surface area contributed by atoms with Crippen molar-refractivity contribution >= 4 is 22.4 Å². The second-order valence-corrected chi connectivity index (χ2v) is 7.48. The molecule has 0 amide bonds. The Bertz CT molecular complexity index is 1050. The Morgan fingerprint density at radius 1 is 1.00 bits per heavy atom. The molecule has 0 N–H and O–H groups in total. The molecular formula is C21H21N7O. The zero-order valence-electron chi connectivity index (χ0n) is 16.0. The molecule has 5 rings (SSSR count). The Kier molecular flexibility index (Phi) is 4.56. The van der Waals surface area contributed by atoms with Crippen LogP contribution in [0.3, 0.4) is 0 Å². The van der Waals surface area contributed by atoms with Crippen molar-refractivity contribution in [3.63, 3.8) is 0 Å². The molecule has 3 aromatic rings. The van der Waals surface area contributed by atoms with Crippen molar-refractivity contribution in [2.45, 2.75) is 12.8 Å². The highest BCUT2D eigenvalue weighted by Gasteiger charge is 2.23. The number of rotatable bonds is 5. The molecule has 2 aromatic heterocycles. The van der Waals surface area contributed by atoms with Crippen LogP contribution in [0, 0.1) is 17.2 Å². The highest BCUT2D eigenvalue weighted by atomic mass is 16.5. The minimum Gasteiger partial charge on any atom is -0.477 e. The molecule has 8 nitrogen and oxygen atoms in total. The van der Waals surface area contributed by atoms with Gasteiger partial charge in [-0.1, -0.05) is 0 Å². The van der Waals surface area contributed by atoms with Crippen molar-refractivity contribution in [3.8, 4) is 11.9 Å². The Morgan fingerprint density at radius 3 is 2.55 bits per heavy atom. The van der Waals surface area contributed by atoms with Crippen LogP contribution < -0.4 is 14.5 Å². The maximum Gasteiger partial charge on any atom is 0.224 e. The third-order valence-corrected chi connectivity index (χ3v) is 5.46. The van der Waals surface area contributed by atoms with Crippen molar-refractivity contribution in [1.29, 1.82) is 5.26 Å². The molecule has 1 saturated heterocycles. The minimum atomic E-state index is 0.338. The number of ether oxygens (including phenoxy) is 1. The predicted octanol–water partition coefficient (Wildman–Crippen LogP) is 2.41. The van der Waals surface area contributed by atoms with E-state index < -0.39 is 0 Å². The number of benzene rings is 1. The van der Waals surface area contributed by atoms with Gasteiger partial charge in [0, 0.05) is 31.9 Å². The number of nitriles is 1. The fraction of sp³-hybridized carbons (Fsp3) is 0.381. The molecule has 2 aliphatic rings. The van der Waals surface area contributed by atoms with E-state index in [-0.39, 0.29) is 0 Å². The van der Waals surface area contributed by atoms with E-state index in [4.69, 9.17) is 10.00 Å². The average Bonchev–Trinajstić information content (AvgIpc) is 3.62. The fourth-order valence-corrected chi connectivity index (χ4v) is 3.55. The van der Waals surface area contributed by atoms with Crippen LogP contribution in [0.2, 0.25) is 0 Å². The van der Waals surface area contributed by atoms with E-state index in [1.54, 1.807) is 12.5 Å². The van der Waals surface area contributed by atoms with Gasteiger partial charge >= 0.3 is 0 Å². The normalized spacial score (nSPS) is 16.7. The third-order valence-electron chi connectivity index (χ3n) is 5.46. The van der Waals surface area contributed by atoms with E-state index in [9.17, 15) is 0 Å². The first-order chi connectivity index (χ1) is 14.3. The van der Waals surface area contributed by atoms with Gasteiger partial charge in [-0.3, -0.25) is 0 Å². The number of piperazine rings is 1. The van der Waals surface area contributed by atoms with Gasteiger partial charge in [-0.15, -0.1) is 0 Å². The van der Waals surface area contributed by atoms with Crippen LogP contribution in [0.1, 0.15) is 18.5 Å². The summed E-state index contributed by atoms with van der Waals surface area (Å²) in [7, 11) is 0. The average molecular weight is 387 g/mol. The first-order valence-corrected chi connectivity index (χ1v) is 9.90. The highest BCUT2D eigenvalue weighted by molar-refractivity contribution is 5.86. The summed E-state index contributed by atoms with van der Waals surface area (Å²) in [6.45, 7) is 4.17. The number of aromatic nitrogens is 4. The Balaban J connectivity index is 1.30. The van der Waals surface area contributed by atoms with E-state index in [0.717, 1.165) is 55.2 Å². The number of anilines is 2. The van der Waals surface area contributed by atoms with Gasteiger partial charge in [0.05, 0.1) is 29.9 Å². The summed E-state index contributed by atoms with van der Waals surface area (Å²) in [6.07, 6.45) is 7.27. The predicted molar refractivity (Wildman–Crippen MR) is 109 cm³/mol. The first kappa shape index (κ1) is 17.6. The van der Waals surface area contributed by atoms with Crippen LogP contribution in [-0.4, -0.2) is 52.7 Å². The first-order valence-electron chi connectivity index (χ1n) is 9.90. The fourth-order valence-electron chi connectivity index (χ4n) is 3.55. The van der Waals surface area contributed by atoms with Gasteiger partial charge < -0.3 is 14.5 Å². The van der Waals surface area contributed by atoms with Gasteiger partial charge in [0.15, 0.2) is 5.69 Å². The van der Waals surface area contributed by atoms with Crippen molar-refractivity contribution in [2.24, 2.45) is 5.92 Å². The molecule has 1 saturated carbocycles. The second-order valence-electron chi connectivity index (χ2n) is 7.48. The monoisotopic (exact) mass is 387 g/mol. The molecular weight excluding hydrogens is 366 g/mol. The van der Waals surface area contributed by atoms with Gasteiger partial charge in [-0.25, -0.2) is 19.9 Å².